The van der Waals surface area contributed by atoms with Crippen LogP contribution in [0.25, 0.3) is 0 Å². The lowest BCUT2D eigenvalue weighted by Gasteiger charge is -2.19. The zero-order valence-electron chi connectivity index (χ0n) is 7.49. The molecule has 7 heteroatoms. The summed E-state index contributed by atoms with van der Waals surface area (Å²) < 4.78 is 0. The van der Waals surface area contributed by atoms with Crippen LogP contribution in [-0.2, 0) is 4.79 Å². The average molecular weight is 213 g/mol. The van der Waals surface area contributed by atoms with E-state index in [0.29, 0.717) is 5.16 Å². The van der Waals surface area contributed by atoms with Crippen molar-refractivity contribution in [3.05, 3.63) is 0 Å². The number of nitrogens with two attached hydrogens (primary N) is 1. The molecule has 1 saturated heterocycles. The van der Waals surface area contributed by atoms with Gasteiger partial charge in [0.25, 0.3) is 0 Å². The molecule has 1 aliphatic heterocycles. The number of piperidine rings is 1. The fraction of sp³-hybridized carbons (Fsp3) is 0.571. The van der Waals surface area contributed by atoms with Gasteiger partial charge in [-0.1, -0.05) is 11.8 Å². The molecular formula is C7H11N5OS. The summed E-state index contributed by atoms with van der Waals surface area (Å²) in [6.45, 7) is 0.770. The highest BCUT2D eigenvalue weighted by Crippen LogP contribution is 2.25. The van der Waals surface area contributed by atoms with Crippen LogP contribution in [0, 0.1) is 0 Å². The van der Waals surface area contributed by atoms with Crippen LogP contribution in [0.4, 0.5) is 5.95 Å². The fourth-order valence-electron chi connectivity index (χ4n) is 1.29. The predicted molar refractivity (Wildman–Crippen MR) is 52.7 cm³/mol. The Kier molecular flexibility index (Phi) is 2.58. The van der Waals surface area contributed by atoms with E-state index in [1.807, 2.05) is 0 Å². The van der Waals surface area contributed by atoms with Crippen LogP contribution < -0.4 is 11.1 Å². The van der Waals surface area contributed by atoms with Crippen molar-refractivity contribution in [2.75, 3.05) is 12.3 Å². The van der Waals surface area contributed by atoms with Gasteiger partial charge in [-0.2, -0.15) is 4.98 Å². The molecule has 0 radical (unpaired) electrons. The Labute approximate surface area is 85.0 Å². The highest BCUT2D eigenvalue weighted by atomic mass is 32.2. The zero-order valence-corrected chi connectivity index (χ0v) is 8.30. The lowest BCUT2D eigenvalue weighted by Crippen LogP contribution is -2.38. The van der Waals surface area contributed by atoms with E-state index in [1.165, 1.54) is 11.8 Å². The highest BCUT2D eigenvalue weighted by molar-refractivity contribution is 8.00. The van der Waals surface area contributed by atoms with Crippen LogP contribution in [0.3, 0.4) is 0 Å². The van der Waals surface area contributed by atoms with Crippen molar-refractivity contribution in [1.82, 2.24) is 20.5 Å². The fourth-order valence-corrected chi connectivity index (χ4v) is 2.27. The third-order valence-electron chi connectivity index (χ3n) is 1.96. The molecule has 1 aliphatic rings. The van der Waals surface area contributed by atoms with Crippen LogP contribution >= 0.6 is 11.8 Å². The van der Waals surface area contributed by atoms with E-state index in [2.05, 4.69) is 20.5 Å². The van der Waals surface area contributed by atoms with Gasteiger partial charge in [0.1, 0.15) is 0 Å². The van der Waals surface area contributed by atoms with E-state index in [9.17, 15) is 4.79 Å². The standard InChI is InChI=1S/C7H11N5OS/c8-6-10-7(12-11-6)14-4-2-1-3-9-5(4)13/h4H,1-3H2,(H,9,13)(H3,8,10,11,12). The van der Waals surface area contributed by atoms with E-state index in [0.717, 1.165) is 19.4 Å². The number of nitrogen functional groups attached to an aromatic ring is 1. The van der Waals surface area contributed by atoms with Gasteiger partial charge in [0, 0.05) is 6.54 Å². The second-order valence-corrected chi connectivity index (χ2v) is 4.21. The number of hydrogen-bond acceptors (Lipinski definition) is 5. The summed E-state index contributed by atoms with van der Waals surface area (Å²) in [6.07, 6.45) is 1.87. The summed E-state index contributed by atoms with van der Waals surface area (Å²) in [5.74, 6) is 0.341. The molecule has 0 aliphatic carbocycles. The van der Waals surface area contributed by atoms with Gasteiger partial charge >= 0.3 is 0 Å². The number of rotatable bonds is 2. The van der Waals surface area contributed by atoms with Gasteiger partial charge < -0.3 is 11.1 Å². The van der Waals surface area contributed by atoms with E-state index in [4.69, 9.17) is 5.73 Å². The Balaban J connectivity index is 1.99. The van der Waals surface area contributed by atoms with Gasteiger partial charge in [-0.3, -0.25) is 4.79 Å². The van der Waals surface area contributed by atoms with Crippen molar-refractivity contribution >= 4 is 23.6 Å². The van der Waals surface area contributed by atoms with Crippen molar-refractivity contribution in [2.24, 2.45) is 0 Å². The molecule has 1 amide bonds. The van der Waals surface area contributed by atoms with E-state index < -0.39 is 0 Å². The average Bonchev–Trinajstić information content (AvgIpc) is 2.56. The molecule has 1 aromatic rings. The second kappa shape index (κ2) is 3.87. The van der Waals surface area contributed by atoms with Gasteiger partial charge in [0.2, 0.25) is 17.0 Å². The third-order valence-corrected chi connectivity index (χ3v) is 3.09. The van der Waals surface area contributed by atoms with Crippen LogP contribution in [0.1, 0.15) is 12.8 Å². The van der Waals surface area contributed by atoms with Crippen molar-refractivity contribution in [3.63, 3.8) is 0 Å². The topological polar surface area (TPSA) is 96.7 Å². The molecule has 0 bridgehead atoms. The van der Waals surface area contributed by atoms with Crippen LogP contribution in [0.5, 0.6) is 0 Å². The molecule has 6 nitrogen and oxygen atoms in total. The molecule has 2 heterocycles. The second-order valence-electron chi connectivity index (χ2n) is 3.04. The Morgan fingerprint density at radius 2 is 2.43 bits per heavy atom. The Bertz CT molecular complexity index is 339. The monoisotopic (exact) mass is 213 g/mol. The number of nitrogens with one attached hydrogen (secondary N) is 2. The van der Waals surface area contributed by atoms with Crippen LogP contribution in [0.15, 0.2) is 5.16 Å². The minimum atomic E-state index is -0.0843. The first-order valence-electron chi connectivity index (χ1n) is 4.38. The number of carbonyl (C=O) groups is 1. The number of nitrogens with zero attached hydrogens (tertiary/aromatic N) is 2. The number of aromatic amines is 1. The van der Waals surface area contributed by atoms with Crippen LogP contribution in [-0.4, -0.2) is 32.9 Å². The maximum atomic E-state index is 11.4. The van der Waals surface area contributed by atoms with E-state index in [1.54, 1.807) is 0 Å². The number of H-pyrrole nitrogens is 1. The molecule has 2 rings (SSSR count). The Hall–Kier alpha value is -1.24. The molecule has 1 fully saturated rings. The summed E-state index contributed by atoms with van der Waals surface area (Å²) in [6, 6.07) is 0. The number of anilines is 1. The smallest absolute Gasteiger partial charge is 0.233 e. The molecule has 1 atom stereocenters. The number of thioether (sulfide) groups is 1. The molecule has 4 N–H and O–H groups in total. The minimum Gasteiger partial charge on any atom is -0.368 e. The first-order chi connectivity index (χ1) is 6.75. The Morgan fingerprint density at radius 3 is 3.07 bits per heavy atom. The van der Waals surface area contributed by atoms with Gasteiger partial charge in [-0.15, -0.1) is 5.10 Å². The van der Waals surface area contributed by atoms with E-state index in [-0.39, 0.29) is 17.1 Å². The predicted octanol–water partition coefficient (Wildman–Crippen LogP) is -0.242. The molecular weight excluding hydrogens is 202 g/mol. The first kappa shape index (κ1) is 9.32. The number of aromatic nitrogens is 3. The maximum absolute atomic E-state index is 11.4. The lowest BCUT2D eigenvalue weighted by molar-refractivity contribution is -0.121. The maximum Gasteiger partial charge on any atom is 0.233 e. The molecule has 1 unspecified atom stereocenters. The summed E-state index contributed by atoms with van der Waals surface area (Å²) in [4.78, 5) is 15.3. The molecule has 76 valence electrons. The molecule has 14 heavy (non-hydrogen) atoms. The molecule has 1 aromatic heterocycles. The normalized spacial score (nSPS) is 22.0. The molecule has 0 aromatic carbocycles. The first-order valence-corrected chi connectivity index (χ1v) is 5.26. The number of hydrogen-bond donors (Lipinski definition) is 3. The van der Waals surface area contributed by atoms with E-state index >= 15 is 0 Å². The van der Waals surface area contributed by atoms with Crippen molar-refractivity contribution in [2.45, 2.75) is 23.2 Å². The Morgan fingerprint density at radius 1 is 1.57 bits per heavy atom. The van der Waals surface area contributed by atoms with Crippen LogP contribution in [0.2, 0.25) is 0 Å². The number of carbonyl (C=O) groups excluding carboxylic acids is 1. The highest BCUT2D eigenvalue weighted by Gasteiger charge is 2.24. The largest absolute Gasteiger partial charge is 0.368 e. The van der Waals surface area contributed by atoms with Crippen molar-refractivity contribution < 1.29 is 4.79 Å². The van der Waals surface area contributed by atoms with Crippen molar-refractivity contribution in [1.29, 1.82) is 0 Å². The summed E-state index contributed by atoms with van der Waals surface area (Å²) >= 11 is 1.35. The lowest BCUT2D eigenvalue weighted by atomic mass is 10.1. The summed E-state index contributed by atoms with van der Waals surface area (Å²) in [5.41, 5.74) is 5.38. The minimum absolute atomic E-state index is 0.0598. The molecule has 0 saturated carbocycles. The van der Waals surface area contributed by atoms with Gasteiger partial charge in [0.15, 0.2) is 0 Å². The number of amides is 1. The quantitative estimate of drug-likeness (QED) is 0.630. The third kappa shape index (κ3) is 1.98. The van der Waals surface area contributed by atoms with Crippen molar-refractivity contribution in [3.8, 4) is 0 Å². The zero-order chi connectivity index (χ0) is 9.97. The molecule has 0 spiro atoms. The SMILES string of the molecule is Nc1nc(SC2CCCNC2=O)n[nH]1. The van der Waals surface area contributed by atoms with Gasteiger partial charge in [-0.05, 0) is 12.8 Å². The van der Waals surface area contributed by atoms with Gasteiger partial charge in [0.05, 0.1) is 5.25 Å². The van der Waals surface area contributed by atoms with Gasteiger partial charge in [-0.25, -0.2) is 5.10 Å². The summed E-state index contributed by atoms with van der Waals surface area (Å²) in [7, 11) is 0. The summed E-state index contributed by atoms with van der Waals surface area (Å²) in [5, 5.41) is 9.65.